The summed E-state index contributed by atoms with van der Waals surface area (Å²) in [6.45, 7) is 2.36. The Morgan fingerprint density at radius 2 is 2.38 bits per heavy atom. The molecule has 13 heavy (non-hydrogen) atoms. The lowest BCUT2D eigenvalue weighted by Gasteiger charge is -2.17. The van der Waals surface area contributed by atoms with Gasteiger partial charge in [-0.25, -0.2) is 0 Å². The van der Waals surface area contributed by atoms with Crippen molar-refractivity contribution in [3.63, 3.8) is 0 Å². The Labute approximate surface area is 78.5 Å². The summed E-state index contributed by atoms with van der Waals surface area (Å²) in [5.41, 5.74) is 5.34. The first-order valence-corrected chi connectivity index (χ1v) is 4.82. The predicted octanol–water partition coefficient (Wildman–Crippen LogP) is 0.177. The summed E-state index contributed by atoms with van der Waals surface area (Å²) in [4.78, 5) is 10.7. The molecule has 3 atom stereocenters. The summed E-state index contributed by atoms with van der Waals surface area (Å²) in [5, 5.41) is 11.8. The molecule has 4 nitrogen and oxygen atoms in total. The molecule has 1 aliphatic carbocycles. The Hall–Kier alpha value is -0.610. The molecule has 76 valence electrons. The van der Waals surface area contributed by atoms with E-state index in [0.29, 0.717) is 12.0 Å². The van der Waals surface area contributed by atoms with Crippen LogP contribution >= 0.6 is 0 Å². The molecule has 0 radical (unpaired) electrons. The van der Waals surface area contributed by atoms with Crippen LogP contribution < -0.4 is 11.1 Å². The maximum atomic E-state index is 10.7. The highest BCUT2D eigenvalue weighted by Crippen LogP contribution is 2.24. The van der Waals surface area contributed by atoms with Gasteiger partial charge in [-0.2, -0.15) is 0 Å². The largest absolute Gasteiger partial charge is 0.480 e. The summed E-state index contributed by atoms with van der Waals surface area (Å²) in [5.74, 6) is -0.133. The van der Waals surface area contributed by atoms with E-state index in [4.69, 9.17) is 10.8 Å². The Morgan fingerprint density at radius 3 is 2.77 bits per heavy atom. The average Bonchev–Trinajstić information content (AvgIpc) is 2.46. The zero-order valence-corrected chi connectivity index (χ0v) is 7.99. The second-order valence-corrected chi connectivity index (χ2v) is 3.91. The molecule has 1 rings (SSSR count). The Kier molecular flexibility index (Phi) is 3.69. The van der Waals surface area contributed by atoms with Crippen molar-refractivity contribution < 1.29 is 9.90 Å². The van der Waals surface area contributed by atoms with Gasteiger partial charge >= 0.3 is 5.97 Å². The first-order valence-electron chi connectivity index (χ1n) is 4.82. The highest BCUT2D eigenvalue weighted by molar-refractivity contribution is 5.73. The predicted molar refractivity (Wildman–Crippen MR) is 50.4 cm³/mol. The molecule has 1 aliphatic rings. The summed E-state index contributed by atoms with van der Waals surface area (Å²) >= 11 is 0. The second-order valence-electron chi connectivity index (χ2n) is 3.91. The van der Waals surface area contributed by atoms with Crippen LogP contribution in [0.4, 0.5) is 0 Å². The second kappa shape index (κ2) is 4.58. The molecule has 0 amide bonds. The molecule has 0 saturated heterocycles. The van der Waals surface area contributed by atoms with Crippen molar-refractivity contribution >= 4 is 5.97 Å². The van der Waals surface area contributed by atoms with E-state index in [0.717, 1.165) is 12.8 Å². The number of nitrogens with one attached hydrogen (secondary N) is 1. The summed E-state index contributed by atoms with van der Waals surface area (Å²) in [6, 6.07) is -0.227. The van der Waals surface area contributed by atoms with Crippen LogP contribution in [0, 0.1) is 5.92 Å². The van der Waals surface area contributed by atoms with Crippen LogP contribution in [0.1, 0.15) is 26.2 Å². The van der Waals surface area contributed by atoms with E-state index in [9.17, 15) is 4.79 Å². The minimum absolute atomic E-state index is 0.167. The van der Waals surface area contributed by atoms with Crippen LogP contribution in [0.5, 0.6) is 0 Å². The van der Waals surface area contributed by atoms with Gasteiger partial charge in [-0.05, 0) is 25.2 Å². The number of carboxylic acids is 1. The normalized spacial score (nSPS) is 30.3. The third kappa shape index (κ3) is 2.97. The van der Waals surface area contributed by atoms with E-state index < -0.39 is 12.0 Å². The van der Waals surface area contributed by atoms with Crippen molar-refractivity contribution in [1.29, 1.82) is 0 Å². The summed E-state index contributed by atoms with van der Waals surface area (Å²) in [7, 11) is 0. The molecule has 0 aliphatic heterocycles. The zero-order valence-electron chi connectivity index (χ0n) is 7.99. The molecule has 0 aromatic heterocycles. The molecular weight excluding hydrogens is 168 g/mol. The van der Waals surface area contributed by atoms with E-state index in [1.165, 1.54) is 6.42 Å². The fraction of sp³-hybridized carbons (Fsp3) is 0.889. The van der Waals surface area contributed by atoms with E-state index in [-0.39, 0.29) is 6.54 Å². The van der Waals surface area contributed by atoms with Gasteiger partial charge in [0.1, 0.15) is 6.04 Å². The number of hydrogen-bond donors (Lipinski definition) is 3. The van der Waals surface area contributed by atoms with E-state index in [1.54, 1.807) is 0 Å². The third-order valence-electron chi connectivity index (χ3n) is 2.67. The molecule has 4 N–H and O–H groups in total. The molecule has 0 aromatic carbocycles. The lowest BCUT2D eigenvalue weighted by Crippen LogP contribution is -2.46. The lowest BCUT2D eigenvalue weighted by atomic mass is 10.1. The fourth-order valence-electron chi connectivity index (χ4n) is 1.88. The van der Waals surface area contributed by atoms with Gasteiger partial charge in [0.15, 0.2) is 0 Å². The SMILES string of the molecule is CC1CCC(NC(CN)C(=O)O)C1. The van der Waals surface area contributed by atoms with Crippen molar-refractivity contribution in [2.45, 2.75) is 38.3 Å². The minimum atomic E-state index is -0.845. The number of hydrogen-bond acceptors (Lipinski definition) is 3. The molecule has 0 heterocycles. The molecular formula is C9H18N2O2. The van der Waals surface area contributed by atoms with Crippen molar-refractivity contribution in [1.82, 2.24) is 5.32 Å². The van der Waals surface area contributed by atoms with Gasteiger partial charge in [-0.15, -0.1) is 0 Å². The fourth-order valence-corrected chi connectivity index (χ4v) is 1.88. The smallest absolute Gasteiger partial charge is 0.322 e. The van der Waals surface area contributed by atoms with Gasteiger partial charge in [0.2, 0.25) is 0 Å². The zero-order chi connectivity index (χ0) is 9.84. The van der Waals surface area contributed by atoms with E-state index in [1.807, 2.05) is 0 Å². The monoisotopic (exact) mass is 186 g/mol. The molecule has 0 aromatic rings. The number of nitrogens with two attached hydrogens (primary N) is 1. The average molecular weight is 186 g/mol. The van der Waals surface area contributed by atoms with Crippen molar-refractivity contribution in [3.8, 4) is 0 Å². The molecule has 4 heteroatoms. The van der Waals surface area contributed by atoms with Gasteiger partial charge in [0.25, 0.3) is 0 Å². The van der Waals surface area contributed by atoms with Crippen LogP contribution in [0.2, 0.25) is 0 Å². The maximum absolute atomic E-state index is 10.7. The number of aliphatic carboxylic acids is 1. The Balaban J connectivity index is 2.34. The van der Waals surface area contributed by atoms with Gasteiger partial charge in [0, 0.05) is 12.6 Å². The van der Waals surface area contributed by atoms with Gasteiger partial charge < -0.3 is 16.2 Å². The topological polar surface area (TPSA) is 75.3 Å². The van der Waals surface area contributed by atoms with E-state index in [2.05, 4.69) is 12.2 Å². The highest BCUT2D eigenvalue weighted by atomic mass is 16.4. The minimum Gasteiger partial charge on any atom is -0.480 e. The van der Waals surface area contributed by atoms with Crippen LogP contribution in [-0.2, 0) is 4.79 Å². The Bertz CT molecular complexity index is 184. The molecule has 0 spiro atoms. The number of carbonyl (C=O) groups is 1. The third-order valence-corrected chi connectivity index (χ3v) is 2.67. The molecule has 3 unspecified atom stereocenters. The van der Waals surface area contributed by atoms with Crippen LogP contribution in [0.3, 0.4) is 0 Å². The maximum Gasteiger partial charge on any atom is 0.322 e. The van der Waals surface area contributed by atoms with Gasteiger partial charge in [-0.1, -0.05) is 6.92 Å². The first kappa shape index (κ1) is 10.5. The van der Waals surface area contributed by atoms with Crippen LogP contribution in [0.15, 0.2) is 0 Å². The number of carboxylic acid groups (broad SMARTS) is 1. The lowest BCUT2D eigenvalue weighted by molar-refractivity contribution is -0.139. The van der Waals surface area contributed by atoms with Gasteiger partial charge in [0.05, 0.1) is 0 Å². The molecule has 1 fully saturated rings. The van der Waals surface area contributed by atoms with Gasteiger partial charge in [-0.3, -0.25) is 4.79 Å². The Morgan fingerprint density at radius 1 is 1.69 bits per heavy atom. The first-order chi connectivity index (χ1) is 6.13. The number of rotatable bonds is 4. The quantitative estimate of drug-likeness (QED) is 0.585. The summed E-state index contributed by atoms with van der Waals surface area (Å²) in [6.07, 6.45) is 3.34. The van der Waals surface area contributed by atoms with Crippen molar-refractivity contribution in [3.05, 3.63) is 0 Å². The highest BCUT2D eigenvalue weighted by Gasteiger charge is 2.25. The van der Waals surface area contributed by atoms with Crippen LogP contribution in [-0.4, -0.2) is 29.7 Å². The summed E-state index contributed by atoms with van der Waals surface area (Å²) < 4.78 is 0. The van der Waals surface area contributed by atoms with Crippen LogP contribution in [0.25, 0.3) is 0 Å². The molecule has 0 bridgehead atoms. The van der Waals surface area contributed by atoms with Crippen molar-refractivity contribution in [2.24, 2.45) is 11.7 Å². The van der Waals surface area contributed by atoms with E-state index >= 15 is 0 Å². The molecule has 1 saturated carbocycles. The van der Waals surface area contributed by atoms with Crippen molar-refractivity contribution in [2.75, 3.05) is 6.54 Å². The standard InChI is InChI=1S/C9H18N2O2/c1-6-2-3-7(4-6)11-8(5-10)9(12)13/h6-8,11H,2-5,10H2,1H3,(H,12,13).